The third kappa shape index (κ3) is 5.61. The summed E-state index contributed by atoms with van der Waals surface area (Å²) in [4.78, 5) is 0. The molecule has 0 bridgehead atoms. The van der Waals surface area contributed by atoms with Crippen LogP contribution in [0.4, 0.5) is 0 Å². The Balaban J connectivity index is 3.87. The molecule has 0 aromatic heterocycles. The van der Waals surface area contributed by atoms with Crippen molar-refractivity contribution >= 4 is 0 Å². The first-order chi connectivity index (χ1) is 6.79. The number of hydrogen-bond donors (Lipinski definition) is 1. The molecular weight excluding hydrogens is 176 g/mol. The van der Waals surface area contributed by atoms with Gasteiger partial charge in [0.1, 0.15) is 0 Å². The van der Waals surface area contributed by atoms with Gasteiger partial charge in [-0.2, -0.15) is 0 Å². The highest BCUT2D eigenvalue weighted by Crippen LogP contribution is 2.21. The van der Waals surface area contributed by atoms with Gasteiger partial charge in [0.05, 0.1) is 19.3 Å². The van der Waals surface area contributed by atoms with Crippen LogP contribution in [0.2, 0.25) is 0 Å². The van der Waals surface area contributed by atoms with Gasteiger partial charge >= 0.3 is 0 Å². The third-order valence-corrected chi connectivity index (χ3v) is 2.80. The maximum Gasteiger partial charge on any atom is 0.0701 e. The van der Waals surface area contributed by atoms with Crippen LogP contribution in [-0.4, -0.2) is 24.4 Å². The van der Waals surface area contributed by atoms with Crippen LogP contribution in [0.1, 0.15) is 52.9 Å². The number of unbranched alkanes of at least 4 members (excludes halogenated alkanes) is 1. The smallest absolute Gasteiger partial charge is 0.0701 e. The van der Waals surface area contributed by atoms with Crippen LogP contribution in [-0.2, 0) is 4.74 Å². The van der Waals surface area contributed by atoms with Crippen molar-refractivity contribution in [2.75, 3.05) is 13.2 Å². The minimum absolute atomic E-state index is 0.140. The van der Waals surface area contributed by atoms with Crippen molar-refractivity contribution < 1.29 is 9.84 Å². The van der Waals surface area contributed by atoms with E-state index in [9.17, 15) is 0 Å². The number of aliphatic hydroxyl groups is 1. The van der Waals surface area contributed by atoms with E-state index in [0.717, 1.165) is 6.42 Å². The standard InChI is InChI=1S/C12H26O2/c1-4-7-8-11(5-2)12(6-3)14-10-9-13/h11-13H,4-10H2,1-3H3. The summed E-state index contributed by atoms with van der Waals surface area (Å²) in [6, 6.07) is 0. The molecule has 2 unspecified atom stereocenters. The van der Waals surface area contributed by atoms with Crippen LogP contribution in [0.5, 0.6) is 0 Å². The molecule has 0 aliphatic carbocycles. The topological polar surface area (TPSA) is 29.5 Å². The molecular formula is C12H26O2. The van der Waals surface area contributed by atoms with Crippen molar-refractivity contribution in [3.8, 4) is 0 Å². The van der Waals surface area contributed by atoms with Gasteiger partial charge in [-0.15, -0.1) is 0 Å². The van der Waals surface area contributed by atoms with Gasteiger partial charge in [-0.05, 0) is 18.8 Å². The van der Waals surface area contributed by atoms with E-state index in [1.165, 1.54) is 25.7 Å². The predicted molar refractivity (Wildman–Crippen MR) is 60.4 cm³/mol. The Labute approximate surface area is 88.7 Å². The number of hydrogen-bond acceptors (Lipinski definition) is 2. The van der Waals surface area contributed by atoms with Gasteiger partial charge in [0.15, 0.2) is 0 Å². The van der Waals surface area contributed by atoms with Gasteiger partial charge in [0.2, 0.25) is 0 Å². The highest BCUT2D eigenvalue weighted by atomic mass is 16.5. The lowest BCUT2D eigenvalue weighted by Gasteiger charge is -2.25. The van der Waals surface area contributed by atoms with Crippen LogP contribution in [0.15, 0.2) is 0 Å². The molecule has 0 fully saturated rings. The average molecular weight is 202 g/mol. The molecule has 0 amide bonds. The first kappa shape index (κ1) is 13.9. The monoisotopic (exact) mass is 202 g/mol. The van der Waals surface area contributed by atoms with E-state index in [0.29, 0.717) is 18.6 Å². The fourth-order valence-corrected chi connectivity index (χ4v) is 1.91. The highest BCUT2D eigenvalue weighted by molar-refractivity contribution is 4.68. The van der Waals surface area contributed by atoms with Gasteiger partial charge in [0.25, 0.3) is 0 Å². The zero-order valence-electron chi connectivity index (χ0n) is 9.96. The molecule has 2 heteroatoms. The van der Waals surface area contributed by atoms with E-state index >= 15 is 0 Å². The van der Waals surface area contributed by atoms with Crippen molar-refractivity contribution in [2.45, 2.75) is 59.0 Å². The Morgan fingerprint density at radius 1 is 1.14 bits per heavy atom. The van der Waals surface area contributed by atoms with E-state index in [1.54, 1.807) is 0 Å². The summed E-state index contributed by atoms with van der Waals surface area (Å²) >= 11 is 0. The van der Waals surface area contributed by atoms with Crippen LogP contribution in [0.25, 0.3) is 0 Å². The summed E-state index contributed by atoms with van der Waals surface area (Å²) < 4.78 is 5.64. The second kappa shape index (κ2) is 9.47. The largest absolute Gasteiger partial charge is 0.394 e. The van der Waals surface area contributed by atoms with Gasteiger partial charge in [-0.1, -0.05) is 40.0 Å². The summed E-state index contributed by atoms with van der Waals surface area (Å²) in [6.45, 7) is 7.24. The van der Waals surface area contributed by atoms with Crippen molar-refractivity contribution in [1.29, 1.82) is 0 Å². The van der Waals surface area contributed by atoms with Crippen LogP contribution in [0.3, 0.4) is 0 Å². The fourth-order valence-electron chi connectivity index (χ4n) is 1.91. The molecule has 14 heavy (non-hydrogen) atoms. The lowest BCUT2D eigenvalue weighted by Crippen LogP contribution is -2.24. The SMILES string of the molecule is CCCCC(CC)C(CC)OCCO. The Morgan fingerprint density at radius 3 is 2.29 bits per heavy atom. The lowest BCUT2D eigenvalue weighted by atomic mass is 9.92. The summed E-state index contributed by atoms with van der Waals surface area (Å²) in [5.41, 5.74) is 0. The Bertz CT molecular complexity index is 101. The van der Waals surface area contributed by atoms with Crippen LogP contribution < -0.4 is 0 Å². The molecule has 0 saturated heterocycles. The second-order valence-corrected chi connectivity index (χ2v) is 3.85. The number of ether oxygens (including phenoxy) is 1. The van der Waals surface area contributed by atoms with E-state index < -0.39 is 0 Å². The Morgan fingerprint density at radius 2 is 1.86 bits per heavy atom. The number of rotatable bonds is 9. The quantitative estimate of drug-likeness (QED) is 0.623. The van der Waals surface area contributed by atoms with E-state index in [2.05, 4.69) is 20.8 Å². The molecule has 0 spiro atoms. The summed E-state index contributed by atoms with van der Waals surface area (Å²) in [7, 11) is 0. The van der Waals surface area contributed by atoms with Gasteiger partial charge in [-0.3, -0.25) is 0 Å². The molecule has 1 N–H and O–H groups in total. The van der Waals surface area contributed by atoms with Gasteiger partial charge in [0, 0.05) is 0 Å². The van der Waals surface area contributed by atoms with Crippen LogP contribution >= 0.6 is 0 Å². The van der Waals surface area contributed by atoms with E-state index in [1.807, 2.05) is 0 Å². The molecule has 0 saturated carbocycles. The van der Waals surface area contributed by atoms with Crippen molar-refractivity contribution in [3.05, 3.63) is 0 Å². The third-order valence-electron chi connectivity index (χ3n) is 2.80. The maximum absolute atomic E-state index is 8.72. The second-order valence-electron chi connectivity index (χ2n) is 3.85. The molecule has 0 aliphatic heterocycles. The average Bonchev–Trinajstić information content (AvgIpc) is 2.23. The molecule has 2 nitrogen and oxygen atoms in total. The molecule has 0 rings (SSSR count). The lowest BCUT2D eigenvalue weighted by molar-refractivity contribution is -0.0112. The normalized spacial score (nSPS) is 15.4. The molecule has 0 aromatic rings. The highest BCUT2D eigenvalue weighted by Gasteiger charge is 2.17. The van der Waals surface area contributed by atoms with E-state index in [4.69, 9.17) is 9.84 Å². The Hall–Kier alpha value is -0.0800. The minimum atomic E-state index is 0.140. The molecule has 0 radical (unpaired) electrons. The van der Waals surface area contributed by atoms with Crippen molar-refractivity contribution in [2.24, 2.45) is 5.92 Å². The van der Waals surface area contributed by atoms with Crippen LogP contribution in [0, 0.1) is 5.92 Å². The summed E-state index contributed by atoms with van der Waals surface area (Å²) in [5.74, 6) is 0.673. The van der Waals surface area contributed by atoms with Gasteiger partial charge < -0.3 is 9.84 Å². The van der Waals surface area contributed by atoms with E-state index in [-0.39, 0.29) is 6.61 Å². The predicted octanol–water partition coefficient (Wildman–Crippen LogP) is 2.99. The molecule has 2 atom stereocenters. The minimum Gasteiger partial charge on any atom is -0.394 e. The summed E-state index contributed by atoms with van der Waals surface area (Å²) in [5, 5.41) is 8.72. The number of aliphatic hydroxyl groups excluding tert-OH is 1. The zero-order valence-corrected chi connectivity index (χ0v) is 9.96. The maximum atomic E-state index is 8.72. The van der Waals surface area contributed by atoms with Crippen molar-refractivity contribution in [1.82, 2.24) is 0 Å². The van der Waals surface area contributed by atoms with Crippen molar-refractivity contribution in [3.63, 3.8) is 0 Å². The first-order valence-corrected chi connectivity index (χ1v) is 6.02. The molecule has 0 aliphatic rings. The first-order valence-electron chi connectivity index (χ1n) is 6.02. The molecule has 0 heterocycles. The molecule has 86 valence electrons. The zero-order chi connectivity index (χ0) is 10.8. The fraction of sp³-hybridized carbons (Fsp3) is 1.00. The van der Waals surface area contributed by atoms with Gasteiger partial charge in [-0.25, -0.2) is 0 Å². The summed E-state index contributed by atoms with van der Waals surface area (Å²) in [6.07, 6.45) is 6.40. The Kier molecular flexibility index (Phi) is 9.42. The molecule has 0 aromatic carbocycles.